The molecule has 0 aliphatic carbocycles. The number of amides is 3. The van der Waals surface area contributed by atoms with Gasteiger partial charge < -0.3 is 20.3 Å². The summed E-state index contributed by atoms with van der Waals surface area (Å²) in [6, 6.07) is 12.4. The molecule has 2 N–H and O–H groups in total. The standard InChI is InChI=1S/C22H22ClFN4O3S/c1-31-10-9-28(22(30)26-18-4-2-3-16(23)11-18)13-20-27-19(14-32-20)21(29)25-12-15-5-7-17(24)8-6-15/h2-8,11,14H,9-10,12-13H2,1H3,(H,25,29)(H,26,30). The molecular weight excluding hydrogens is 455 g/mol. The van der Waals surface area contributed by atoms with E-state index in [0.717, 1.165) is 5.56 Å². The van der Waals surface area contributed by atoms with Crippen molar-refractivity contribution in [2.24, 2.45) is 0 Å². The lowest BCUT2D eigenvalue weighted by molar-refractivity contribution is 0.0946. The Morgan fingerprint density at radius 2 is 2.00 bits per heavy atom. The molecule has 0 aliphatic rings. The summed E-state index contributed by atoms with van der Waals surface area (Å²) in [5.41, 5.74) is 1.61. The maximum atomic E-state index is 13.0. The molecule has 10 heteroatoms. The SMILES string of the molecule is COCCN(Cc1nc(C(=O)NCc2ccc(F)cc2)cs1)C(=O)Nc1cccc(Cl)c1. The Labute approximate surface area is 194 Å². The van der Waals surface area contributed by atoms with Crippen LogP contribution in [0, 0.1) is 5.82 Å². The van der Waals surface area contributed by atoms with E-state index in [1.807, 2.05) is 0 Å². The van der Waals surface area contributed by atoms with E-state index in [9.17, 15) is 14.0 Å². The zero-order valence-corrected chi connectivity index (χ0v) is 18.9. The molecule has 0 spiro atoms. The molecular formula is C22H22ClFN4O3S. The number of aromatic nitrogens is 1. The molecule has 2 aromatic carbocycles. The second-order valence-corrected chi connectivity index (χ2v) is 8.17. The Balaban J connectivity index is 1.60. The molecule has 3 amide bonds. The minimum absolute atomic E-state index is 0.214. The predicted octanol–water partition coefficient (Wildman–Crippen LogP) is 4.55. The van der Waals surface area contributed by atoms with E-state index in [0.29, 0.717) is 28.9 Å². The zero-order chi connectivity index (χ0) is 22.9. The highest BCUT2D eigenvalue weighted by Gasteiger charge is 2.18. The molecule has 0 radical (unpaired) electrons. The van der Waals surface area contributed by atoms with Gasteiger partial charge in [0.25, 0.3) is 5.91 Å². The van der Waals surface area contributed by atoms with Gasteiger partial charge in [0.05, 0.1) is 13.2 Å². The van der Waals surface area contributed by atoms with Crippen LogP contribution in [0.15, 0.2) is 53.9 Å². The number of nitrogens with zero attached hydrogens (tertiary/aromatic N) is 2. The smallest absolute Gasteiger partial charge is 0.322 e. The number of thiazole rings is 1. The van der Waals surface area contributed by atoms with Crippen molar-refractivity contribution in [3.8, 4) is 0 Å². The Kier molecular flexibility index (Phi) is 8.55. The van der Waals surface area contributed by atoms with Crippen LogP contribution < -0.4 is 10.6 Å². The first-order chi connectivity index (χ1) is 15.4. The van der Waals surface area contributed by atoms with Crippen LogP contribution in [0.5, 0.6) is 0 Å². The van der Waals surface area contributed by atoms with Crippen molar-refractivity contribution in [3.05, 3.63) is 81.0 Å². The maximum Gasteiger partial charge on any atom is 0.322 e. The maximum absolute atomic E-state index is 13.0. The van der Waals surface area contributed by atoms with Crippen LogP contribution in [-0.2, 0) is 17.8 Å². The molecule has 0 bridgehead atoms. The van der Waals surface area contributed by atoms with E-state index in [2.05, 4.69) is 15.6 Å². The zero-order valence-electron chi connectivity index (χ0n) is 17.3. The van der Waals surface area contributed by atoms with Crippen molar-refractivity contribution < 1.29 is 18.7 Å². The van der Waals surface area contributed by atoms with Crippen LogP contribution in [-0.4, -0.2) is 42.1 Å². The number of nitrogens with one attached hydrogen (secondary N) is 2. The van der Waals surface area contributed by atoms with Crippen molar-refractivity contribution in [3.63, 3.8) is 0 Å². The first kappa shape index (κ1) is 23.6. The lowest BCUT2D eigenvalue weighted by atomic mass is 10.2. The topological polar surface area (TPSA) is 83.6 Å². The monoisotopic (exact) mass is 476 g/mol. The Morgan fingerprint density at radius 3 is 2.72 bits per heavy atom. The number of urea groups is 1. The molecule has 32 heavy (non-hydrogen) atoms. The van der Waals surface area contributed by atoms with Crippen LogP contribution in [0.1, 0.15) is 21.1 Å². The predicted molar refractivity (Wildman–Crippen MR) is 122 cm³/mol. The van der Waals surface area contributed by atoms with E-state index in [-0.39, 0.29) is 36.5 Å². The van der Waals surface area contributed by atoms with Gasteiger partial charge in [-0.05, 0) is 35.9 Å². The fourth-order valence-electron chi connectivity index (χ4n) is 2.75. The Bertz CT molecular complexity index is 1060. The number of hydrogen-bond acceptors (Lipinski definition) is 5. The van der Waals surface area contributed by atoms with Crippen LogP contribution in [0.2, 0.25) is 5.02 Å². The number of methoxy groups -OCH3 is 1. The molecule has 1 heterocycles. The summed E-state index contributed by atoms with van der Waals surface area (Å²) in [6.07, 6.45) is 0. The second-order valence-electron chi connectivity index (χ2n) is 6.79. The van der Waals surface area contributed by atoms with Gasteiger partial charge in [-0.3, -0.25) is 4.79 Å². The normalized spacial score (nSPS) is 10.6. The van der Waals surface area contributed by atoms with Gasteiger partial charge in [0.15, 0.2) is 0 Å². The molecule has 0 fully saturated rings. The van der Waals surface area contributed by atoms with Crippen LogP contribution >= 0.6 is 22.9 Å². The van der Waals surface area contributed by atoms with E-state index in [1.54, 1.807) is 53.8 Å². The average molecular weight is 477 g/mol. The summed E-state index contributed by atoms with van der Waals surface area (Å²) in [5.74, 6) is -0.676. The van der Waals surface area contributed by atoms with Crippen LogP contribution in [0.25, 0.3) is 0 Å². The van der Waals surface area contributed by atoms with Crippen LogP contribution in [0.3, 0.4) is 0 Å². The highest BCUT2D eigenvalue weighted by Crippen LogP contribution is 2.17. The molecule has 0 saturated heterocycles. The molecule has 1 aromatic heterocycles. The molecule has 0 atom stereocenters. The minimum Gasteiger partial charge on any atom is -0.383 e. The summed E-state index contributed by atoms with van der Waals surface area (Å²) in [7, 11) is 1.56. The molecule has 0 unspecified atom stereocenters. The number of benzene rings is 2. The van der Waals surface area contributed by atoms with E-state index in [1.165, 1.54) is 23.5 Å². The van der Waals surface area contributed by atoms with Gasteiger partial charge in [-0.15, -0.1) is 11.3 Å². The van der Waals surface area contributed by atoms with E-state index < -0.39 is 0 Å². The lowest BCUT2D eigenvalue weighted by Crippen LogP contribution is -2.36. The number of ether oxygens (including phenoxy) is 1. The summed E-state index contributed by atoms with van der Waals surface area (Å²) in [4.78, 5) is 31.0. The summed E-state index contributed by atoms with van der Waals surface area (Å²) in [5, 5.41) is 8.32. The molecule has 0 saturated carbocycles. The molecule has 0 aliphatic heterocycles. The van der Waals surface area contributed by atoms with E-state index in [4.69, 9.17) is 16.3 Å². The van der Waals surface area contributed by atoms with Gasteiger partial charge in [-0.1, -0.05) is 29.8 Å². The quantitative estimate of drug-likeness (QED) is 0.474. The van der Waals surface area contributed by atoms with Gasteiger partial charge >= 0.3 is 6.03 Å². The average Bonchev–Trinajstić information content (AvgIpc) is 3.24. The summed E-state index contributed by atoms with van der Waals surface area (Å²) < 4.78 is 18.1. The first-order valence-corrected chi connectivity index (χ1v) is 11.0. The van der Waals surface area contributed by atoms with E-state index >= 15 is 0 Å². The summed E-state index contributed by atoms with van der Waals surface area (Å²) >= 11 is 7.26. The highest BCUT2D eigenvalue weighted by molar-refractivity contribution is 7.09. The van der Waals surface area contributed by atoms with Crippen molar-refractivity contribution in [2.75, 3.05) is 25.6 Å². The van der Waals surface area contributed by atoms with Crippen molar-refractivity contribution in [1.82, 2.24) is 15.2 Å². The third-order valence-electron chi connectivity index (χ3n) is 4.41. The summed E-state index contributed by atoms with van der Waals surface area (Å²) in [6.45, 7) is 1.16. The molecule has 3 rings (SSSR count). The molecule has 168 valence electrons. The van der Waals surface area contributed by atoms with Crippen molar-refractivity contribution in [2.45, 2.75) is 13.1 Å². The number of hydrogen-bond donors (Lipinski definition) is 2. The fourth-order valence-corrected chi connectivity index (χ4v) is 3.73. The Hall–Kier alpha value is -3.01. The van der Waals surface area contributed by atoms with Gasteiger partial charge in [0, 0.05) is 36.3 Å². The van der Waals surface area contributed by atoms with Gasteiger partial charge in [-0.25, -0.2) is 14.2 Å². The Morgan fingerprint density at radius 1 is 1.22 bits per heavy atom. The number of carbonyl (C=O) groups excluding carboxylic acids is 2. The number of halogens is 2. The number of rotatable bonds is 9. The van der Waals surface area contributed by atoms with Gasteiger partial charge in [0.2, 0.25) is 0 Å². The third kappa shape index (κ3) is 7.01. The highest BCUT2D eigenvalue weighted by atomic mass is 35.5. The fraction of sp³-hybridized carbons (Fsp3) is 0.227. The van der Waals surface area contributed by atoms with Crippen molar-refractivity contribution >= 4 is 40.6 Å². The first-order valence-electron chi connectivity index (χ1n) is 9.72. The van der Waals surface area contributed by atoms with Crippen LogP contribution in [0.4, 0.5) is 14.9 Å². The number of anilines is 1. The molecule has 3 aromatic rings. The number of carbonyl (C=O) groups is 2. The lowest BCUT2D eigenvalue weighted by Gasteiger charge is -2.21. The largest absolute Gasteiger partial charge is 0.383 e. The second kappa shape index (κ2) is 11.6. The third-order valence-corrected chi connectivity index (χ3v) is 5.47. The van der Waals surface area contributed by atoms with Crippen molar-refractivity contribution in [1.29, 1.82) is 0 Å². The van der Waals surface area contributed by atoms with Gasteiger partial charge in [0.1, 0.15) is 16.5 Å². The minimum atomic E-state index is -0.344. The molecule has 7 nitrogen and oxygen atoms in total. The van der Waals surface area contributed by atoms with Gasteiger partial charge in [-0.2, -0.15) is 0 Å².